The molecule has 1 aliphatic carbocycles. The first kappa shape index (κ1) is 12.0. The Labute approximate surface area is 120 Å². The van der Waals surface area contributed by atoms with E-state index in [9.17, 15) is 0 Å². The van der Waals surface area contributed by atoms with Crippen LogP contribution in [0, 0.1) is 0 Å². The number of para-hydroxylation sites is 1. The van der Waals surface area contributed by atoms with Crippen LogP contribution in [0.2, 0.25) is 0 Å². The molecule has 102 valence electrons. The summed E-state index contributed by atoms with van der Waals surface area (Å²) >= 11 is 0. The summed E-state index contributed by atoms with van der Waals surface area (Å²) in [4.78, 5) is 2.49. The first-order chi connectivity index (χ1) is 9.81. The average molecular weight is 264 g/mol. The molecule has 2 atom stereocenters. The fraction of sp³-hybridized carbons (Fsp3) is 0.333. The van der Waals surface area contributed by atoms with E-state index >= 15 is 0 Å². The van der Waals surface area contributed by atoms with Gasteiger partial charge in [-0.15, -0.1) is 0 Å². The van der Waals surface area contributed by atoms with E-state index in [4.69, 9.17) is 5.73 Å². The SMILES string of the molecule is NC1Cc2ccccc2N(CC2Cc3ccccc32)C1. The molecule has 0 radical (unpaired) electrons. The summed E-state index contributed by atoms with van der Waals surface area (Å²) in [5, 5.41) is 0. The second-order valence-electron chi connectivity index (χ2n) is 6.10. The van der Waals surface area contributed by atoms with Crippen LogP contribution in [0.1, 0.15) is 22.6 Å². The van der Waals surface area contributed by atoms with Crippen molar-refractivity contribution in [2.45, 2.75) is 24.8 Å². The smallest absolute Gasteiger partial charge is 0.0400 e. The number of hydrogen-bond acceptors (Lipinski definition) is 2. The van der Waals surface area contributed by atoms with Gasteiger partial charge in [-0.05, 0) is 35.6 Å². The molecule has 20 heavy (non-hydrogen) atoms. The number of benzene rings is 2. The van der Waals surface area contributed by atoms with E-state index in [1.807, 2.05) is 0 Å². The zero-order valence-electron chi connectivity index (χ0n) is 11.6. The molecule has 0 amide bonds. The molecule has 0 bridgehead atoms. The summed E-state index contributed by atoms with van der Waals surface area (Å²) in [6, 6.07) is 17.8. The Morgan fingerprint density at radius 3 is 2.55 bits per heavy atom. The summed E-state index contributed by atoms with van der Waals surface area (Å²) in [6.07, 6.45) is 2.22. The van der Waals surface area contributed by atoms with Crippen molar-refractivity contribution in [1.29, 1.82) is 0 Å². The van der Waals surface area contributed by atoms with Gasteiger partial charge < -0.3 is 10.6 Å². The van der Waals surface area contributed by atoms with Crippen molar-refractivity contribution >= 4 is 5.69 Å². The Morgan fingerprint density at radius 2 is 1.70 bits per heavy atom. The van der Waals surface area contributed by atoms with Crippen LogP contribution in [0.3, 0.4) is 0 Å². The van der Waals surface area contributed by atoms with Crippen molar-refractivity contribution < 1.29 is 0 Å². The van der Waals surface area contributed by atoms with E-state index in [2.05, 4.69) is 53.4 Å². The number of rotatable bonds is 2. The summed E-state index contributed by atoms with van der Waals surface area (Å²) in [5.74, 6) is 0.671. The van der Waals surface area contributed by atoms with Gasteiger partial charge >= 0.3 is 0 Å². The molecule has 2 unspecified atom stereocenters. The zero-order chi connectivity index (χ0) is 13.5. The van der Waals surface area contributed by atoms with E-state index in [0.29, 0.717) is 5.92 Å². The molecular weight excluding hydrogens is 244 g/mol. The maximum atomic E-state index is 6.23. The van der Waals surface area contributed by atoms with Gasteiger partial charge in [0.15, 0.2) is 0 Å². The summed E-state index contributed by atoms with van der Waals surface area (Å²) in [7, 11) is 0. The number of nitrogens with two attached hydrogens (primary N) is 1. The van der Waals surface area contributed by atoms with Crippen LogP contribution in [0.15, 0.2) is 48.5 Å². The summed E-state index contributed by atoms with van der Waals surface area (Å²) in [6.45, 7) is 2.08. The number of anilines is 1. The van der Waals surface area contributed by atoms with Gasteiger partial charge in [0.25, 0.3) is 0 Å². The van der Waals surface area contributed by atoms with E-state index < -0.39 is 0 Å². The molecule has 2 aliphatic rings. The van der Waals surface area contributed by atoms with Crippen LogP contribution in [0.5, 0.6) is 0 Å². The fourth-order valence-corrected chi connectivity index (χ4v) is 3.68. The summed E-state index contributed by atoms with van der Waals surface area (Å²) in [5.41, 5.74) is 12.1. The molecule has 1 heterocycles. The van der Waals surface area contributed by atoms with E-state index in [0.717, 1.165) is 19.5 Å². The lowest BCUT2D eigenvalue weighted by atomic mass is 9.77. The first-order valence-corrected chi connectivity index (χ1v) is 7.47. The van der Waals surface area contributed by atoms with E-state index in [-0.39, 0.29) is 6.04 Å². The van der Waals surface area contributed by atoms with Gasteiger partial charge in [0, 0.05) is 30.7 Å². The van der Waals surface area contributed by atoms with Crippen LogP contribution in [-0.4, -0.2) is 19.1 Å². The largest absolute Gasteiger partial charge is 0.369 e. The van der Waals surface area contributed by atoms with Gasteiger partial charge in [-0.1, -0.05) is 42.5 Å². The molecule has 2 aromatic rings. The minimum atomic E-state index is 0.264. The molecule has 0 spiro atoms. The Hall–Kier alpha value is -1.80. The van der Waals surface area contributed by atoms with E-state index in [1.54, 1.807) is 0 Å². The Bertz CT molecular complexity index is 635. The lowest BCUT2D eigenvalue weighted by molar-refractivity contribution is 0.535. The second-order valence-corrected chi connectivity index (χ2v) is 6.10. The number of nitrogens with zero attached hydrogens (tertiary/aromatic N) is 1. The minimum absolute atomic E-state index is 0.264. The predicted octanol–water partition coefficient (Wildman–Crippen LogP) is 2.72. The van der Waals surface area contributed by atoms with Gasteiger partial charge in [-0.2, -0.15) is 0 Å². The molecule has 4 rings (SSSR count). The van der Waals surface area contributed by atoms with Crippen molar-refractivity contribution in [2.75, 3.05) is 18.0 Å². The standard InChI is InChI=1S/C18H20N2/c19-16-10-14-6-2-4-8-18(14)20(12-16)11-15-9-13-5-1-3-7-17(13)15/h1-8,15-16H,9-12,19H2. The van der Waals surface area contributed by atoms with Crippen LogP contribution in [-0.2, 0) is 12.8 Å². The third kappa shape index (κ3) is 1.92. The minimum Gasteiger partial charge on any atom is -0.369 e. The van der Waals surface area contributed by atoms with Crippen molar-refractivity contribution in [1.82, 2.24) is 0 Å². The van der Waals surface area contributed by atoms with E-state index in [1.165, 1.54) is 28.8 Å². The molecular formula is C18H20N2. The van der Waals surface area contributed by atoms with Crippen molar-refractivity contribution in [3.63, 3.8) is 0 Å². The van der Waals surface area contributed by atoms with Crippen LogP contribution in [0.25, 0.3) is 0 Å². The molecule has 2 nitrogen and oxygen atoms in total. The highest BCUT2D eigenvalue weighted by molar-refractivity contribution is 5.57. The van der Waals surface area contributed by atoms with Crippen molar-refractivity contribution in [3.05, 3.63) is 65.2 Å². The predicted molar refractivity (Wildman–Crippen MR) is 83.2 cm³/mol. The number of hydrogen-bond donors (Lipinski definition) is 1. The maximum Gasteiger partial charge on any atom is 0.0400 e. The molecule has 0 saturated heterocycles. The van der Waals surface area contributed by atoms with Crippen LogP contribution >= 0.6 is 0 Å². The lowest BCUT2D eigenvalue weighted by Crippen LogP contribution is -2.46. The molecule has 1 aliphatic heterocycles. The molecule has 2 N–H and O–H groups in total. The van der Waals surface area contributed by atoms with Gasteiger partial charge in [0.1, 0.15) is 0 Å². The van der Waals surface area contributed by atoms with Crippen LogP contribution < -0.4 is 10.6 Å². The summed E-state index contributed by atoms with van der Waals surface area (Å²) < 4.78 is 0. The Kier molecular flexibility index (Phi) is 2.78. The van der Waals surface area contributed by atoms with Gasteiger partial charge in [-0.25, -0.2) is 0 Å². The topological polar surface area (TPSA) is 29.3 Å². The lowest BCUT2D eigenvalue weighted by Gasteiger charge is -2.40. The highest BCUT2D eigenvalue weighted by Crippen LogP contribution is 2.37. The Balaban J connectivity index is 1.59. The monoisotopic (exact) mass is 264 g/mol. The molecule has 0 aromatic heterocycles. The molecule has 0 fully saturated rings. The average Bonchev–Trinajstić information content (AvgIpc) is 2.44. The van der Waals surface area contributed by atoms with Gasteiger partial charge in [-0.3, -0.25) is 0 Å². The van der Waals surface area contributed by atoms with Gasteiger partial charge in [0.05, 0.1) is 0 Å². The fourth-order valence-electron chi connectivity index (χ4n) is 3.68. The quantitative estimate of drug-likeness (QED) is 0.903. The normalized spacial score (nSPS) is 23.8. The molecule has 0 saturated carbocycles. The van der Waals surface area contributed by atoms with Crippen molar-refractivity contribution in [2.24, 2.45) is 5.73 Å². The highest BCUT2D eigenvalue weighted by Gasteiger charge is 2.30. The second kappa shape index (κ2) is 4.64. The van der Waals surface area contributed by atoms with Crippen LogP contribution in [0.4, 0.5) is 5.69 Å². The van der Waals surface area contributed by atoms with Gasteiger partial charge in [0.2, 0.25) is 0 Å². The zero-order valence-corrected chi connectivity index (χ0v) is 11.6. The third-order valence-corrected chi connectivity index (χ3v) is 4.67. The first-order valence-electron chi connectivity index (χ1n) is 7.47. The third-order valence-electron chi connectivity index (χ3n) is 4.67. The highest BCUT2D eigenvalue weighted by atomic mass is 15.2. The molecule has 2 aromatic carbocycles. The number of fused-ring (bicyclic) bond motifs is 2. The molecule has 2 heteroatoms. The Morgan fingerprint density at radius 1 is 0.950 bits per heavy atom. The maximum absolute atomic E-state index is 6.23. The van der Waals surface area contributed by atoms with Crippen molar-refractivity contribution in [3.8, 4) is 0 Å².